The molecule has 1 spiro atoms. The zero-order valence-corrected chi connectivity index (χ0v) is 14.0. The highest BCUT2D eigenvalue weighted by Crippen LogP contribution is 2.65. The normalized spacial score (nSPS) is 60.9. The predicted octanol–water partition coefficient (Wildman–Crippen LogP) is 2.12. The first kappa shape index (κ1) is 13.8. The van der Waals surface area contributed by atoms with Crippen LogP contribution in [-0.4, -0.2) is 33.5 Å². The Balaban J connectivity index is 1.77. The predicted molar refractivity (Wildman–Crippen MR) is 80.2 cm³/mol. The third kappa shape index (κ3) is 1.47. The fourth-order valence-electron chi connectivity index (χ4n) is 5.25. The second-order valence-electron chi connectivity index (χ2n) is 7.25. The van der Waals surface area contributed by atoms with Crippen LogP contribution in [0.5, 0.6) is 0 Å². The van der Waals surface area contributed by atoms with E-state index in [1.54, 1.807) is 0 Å². The molecule has 5 rings (SSSR count). The van der Waals surface area contributed by atoms with E-state index < -0.39 is 5.79 Å². The van der Waals surface area contributed by atoms with E-state index in [1.807, 2.05) is 6.92 Å². The molecule has 2 aliphatic carbocycles. The van der Waals surface area contributed by atoms with Gasteiger partial charge in [-0.25, -0.2) is 0 Å². The van der Waals surface area contributed by atoms with E-state index in [1.165, 1.54) is 0 Å². The Labute approximate surface area is 132 Å². The third-order valence-electron chi connectivity index (χ3n) is 6.59. The first-order valence-corrected chi connectivity index (χ1v) is 8.84. The quantitative estimate of drug-likeness (QED) is 0.390. The molecule has 3 heterocycles. The van der Waals surface area contributed by atoms with Crippen LogP contribution in [0.3, 0.4) is 0 Å². The van der Waals surface area contributed by atoms with Crippen molar-refractivity contribution in [3.63, 3.8) is 0 Å². The lowest BCUT2D eigenvalue weighted by atomic mass is 9.50. The molecule has 0 aromatic heterocycles. The van der Waals surface area contributed by atoms with Crippen molar-refractivity contribution in [3.8, 4) is 0 Å². The van der Waals surface area contributed by atoms with Gasteiger partial charge in [-0.15, -0.1) is 0 Å². The van der Waals surface area contributed by atoms with Crippen molar-refractivity contribution in [1.29, 1.82) is 0 Å². The maximum Gasteiger partial charge on any atom is 0.309 e. The van der Waals surface area contributed by atoms with E-state index in [2.05, 4.69) is 29.5 Å². The first-order chi connectivity index (χ1) is 9.39. The molecule has 3 saturated heterocycles. The van der Waals surface area contributed by atoms with Gasteiger partial charge in [-0.1, -0.05) is 36.4 Å². The lowest BCUT2D eigenvalue weighted by molar-refractivity contribution is -0.350. The van der Waals surface area contributed by atoms with Gasteiger partial charge in [-0.2, -0.15) is 0 Å². The Bertz CT molecular complexity index is 469. The van der Waals surface area contributed by atoms with Crippen LogP contribution in [0.15, 0.2) is 0 Å². The lowest BCUT2D eigenvalue weighted by Crippen LogP contribution is -2.70. The summed E-state index contributed by atoms with van der Waals surface area (Å²) < 4.78 is 12.0. The van der Waals surface area contributed by atoms with Crippen LogP contribution < -0.4 is 0 Å². The number of esters is 1. The number of ether oxygens (including phenoxy) is 2. The number of aliphatic hydroxyl groups is 1. The fourth-order valence-corrected chi connectivity index (χ4v) is 6.79. The summed E-state index contributed by atoms with van der Waals surface area (Å²) in [4.78, 5) is 12.0. The molecule has 8 atom stereocenters. The van der Waals surface area contributed by atoms with Gasteiger partial charge in [0.05, 0.1) is 12.5 Å². The largest absolute Gasteiger partial charge is 0.461 e. The molecule has 0 aromatic carbocycles. The van der Waals surface area contributed by atoms with Crippen LogP contribution in [-0.2, 0) is 14.3 Å². The van der Waals surface area contributed by atoms with Gasteiger partial charge in [-0.3, -0.25) is 4.79 Å². The van der Waals surface area contributed by atoms with Crippen LogP contribution >= 0.6 is 22.6 Å². The van der Waals surface area contributed by atoms with Gasteiger partial charge in [0.1, 0.15) is 6.10 Å². The zero-order valence-electron chi connectivity index (χ0n) is 11.8. The molecule has 2 bridgehead atoms. The van der Waals surface area contributed by atoms with Gasteiger partial charge < -0.3 is 14.6 Å². The minimum absolute atomic E-state index is 0.00762. The van der Waals surface area contributed by atoms with Crippen LogP contribution in [0.25, 0.3) is 0 Å². The highest BCUT2D eigenvalue weighted by molar-refractivity contribution is 14.1. The molecule has 20 heavy (non-hydrogen) atoms. The maximum absolute atomic E-state index is 12.0. The first-order valence-electron chi connectivity index (χ1n) is 7.60. The standard InChI is InChI=1S/C15H21IO4/c1-7-9-3-4-14-6-19-15(18,5-10(14)16)8(2)11(14)12(9)20-13(7)17/h7-12,18H,3-6H2,1-2H3/t7-,8-,9?,10-,11+,12-,14+,15+/m0/s1. The molecule has 4 nitrogen and oxygen atoms in total. The lowest BCUT2D eigenvalue weighted by Gasteiger charge is -2.64. The van der Waals surface area contributed by atoms with E-state index in [-0.39, 0.29) is 35.2 Å². The molecule has 0 amide bonds. The van der Waals surface area contributed by atoms with Crippen LogP contribution in [0, 0.1) is 29.1 Å². The zero-order chi connectivity index (χ0) is 14.3. The maximum atomic E-state index is 12.0. The average molecular weight is 392 g/mol. The number of hydrogen-bond acceptors (Lipinski definition) is 4. The topological polar surface area (TPSA) is 55.8 Å². The molecule has 0 radical (unpaired) electrons. The number of carbonyl (C=O) groups excluding carboxylic acids is 1. The highest BCUT2D eigenvalue weighted by atomic mass is 127. The summed E-state index contributed by atoms with van der Waals surface area (Å²) in [5.41, 5.74) is 0.0793. The molecule has 0 aromatic rings. The second kappa shape index (κ2) is 4.10. The molecule has 3 aliphatic heterocycles. The number of halogens is 1. The van der Waals surface area contributed by atoms with Gasteiger partial charge in [0.25, 0.3) is 0 Å². The third-order valence-corrected chi connectivity index (χ3v) is 8.27. The van der Waals surface area contributed by atoms with Gasteiger partial charge in [0, 0.05) is 33.5 Å². The summed E-state index contributed by atoms with van der Waals surface area (Å²) in [7, 11) is 0. The van der Waals surface area contributed by atoms with Gasteiger partial charge in [0.2, 0.25) is 0 Å². The van der Waals surface area contributed by atoms with Crippen molar-refractivity contribution >= 4 is 28.6 Å². The van der Waals surface area contributed by atoms with Crippen LogP contribution in [0.2, 0.25) is 0 Å². The Morgan fingerprint density at radius 3 is 2.85 bits per heavy atom. The Morgan fingerprint density at radius 1 is 1.40 bits per heavy atom. The van der Waals surface area contributed by atoms with Crippen molar-refractivity contribution in [1.82, 2.24) is 0 Å². The Hall–Kier alpha value is 0.120. The number of fused-ring (bicyclic) bond motifs is 3. The van der Waals surface area contributed by atoms with Crippen LogP contribution in [0.1, 0.15) is 33.1 Å². The molecule has 112 valence electrons. The minimum Gasteiger partial charge on any atom is -0.461 e. The smallest absolute Gasteiger partial charge is 0.309 e. The average Bonchev–Trinajstić information content (AvgIpc) is 2.68. The van der Waals surface area contributed by atoms with Gasteiger partial charge in [-0.05, 0) is 12.8 Å². The molecule has 1 N–H and O–H groups in total. The Morgan fingerprint density at radius 2 is 2.15 bits per heavy atom. The summed E-state index contributed by atoms with van der Waals surface area (Å²) in [5, 5.41) is 10.8. The molecule has 5 heteroatoms. The van der Waals surface area contributed by atoms with E-state index in [4.69, 9.17) is 9.47 Å². The van der Waals surface area contributed by atoms with E-state index >= 15 is 0 Å². The fraction of sp³-hybridized carbons (Fsp3) is 0.933. The van der Waals surface area contributed by atoms with Crippen molar-refractivity contribution < 1.29 is 19.4 Å². The van der Waals surface area contributed by atoms with Crippen LogP contribution in [0.4, 0.5) is 0 Å². The van der Waals surface area contributed by atoms with E-state index in [0.717, 1.165) is 12.8 Å². The van der Waals surface area contributed by atoms with E-state index in [9.17, 15) is 9.90 Å². The summed E-state index contributed by atoms with van der Waals surface area (Å²) >= 11 is 2.48. The number of carbonyl (C=O) groups is 1. The SMILES string of the molecule is C[C@@H]1C(=O)O[C@H]2C1CC[C@@]13CO[C@](O)(C[C@@H]1I)[C@@H](C)[C@H]23. The molecular formula is C15H21IO4. The molecule has 5 aliphatic rings. The van der Waals surface area contributed by atoms with Crippen molar-refractivity contribution in [3.05, 3.63) is 0 Å². The van der Waals surface area contributed by atoms with Crippen molar-refractivity contribution in [2.45, 2.75) is 48.9 Å². The molecular weight excluding hydrogens is 371 g/mol. The summed E-state index contributed by atoms with van der Waals surface area (Å²) in [6, 6.07) is 0. The Kier molecular flexibility index (Phi) is 2.82. The van der Waals surface area contributed by atoms with E-state index in [0.29, 0.717) is 22.9 Å². The molecule has 5 fully saturated rings. The van der Waals surface area contributed by atoms with Gasteiger partial charge >= 0.3 is 5.97 Å². The second-order valence-corrected chi connectivity index (χ2v) is 8.75. The van der Waals surface area contributed by atoms with Gasteiger partial charge in [0.15, 0.2) is 5.79 Å². The summed E-state index contributed by atoms with van der Waals surface area (Å²) in [6.45, 7) is 4.67. The molecule has 1 unspecified atom stereocenters. The summed E-state index contributed by atoms with van der Waals surface area (Å²) in [6.07, 6.45) is 2.82. The highest BCUT2D eigenvalue weighted by Gasteiger charge is 2.69. The van der Waals surface area contributed by atoms with Crippen molar-refractivity contribution in [2.24, 2.45) is 29.1 Å². The molecule has 2 saturated carbocycles. The number of hydrogen-bond donors (Lipinski definition) is 1. The van der Waals surface area contributed by atoms with Crippen molar-refractivity contribution in [2.75, 3.05) is 6.61 Å². The number of rotatable bonds is 0. The minimum atomic E-state index is -1.03. The number of alkyl halides is 1. The summed E-state index contributed by atoms with van der Waals surface area (Å²) in [5.74, 6) is -0.472. The monoisotopic (exact) mass is 392 g/mol.